The maximum Gasteiger partial charge on any atom is 0.326 e. The van der Waals surface area contributed by atoms with Crippen LogP contribution in [-0.2, 0) is 32.1 Å². The molecule has 0 aliphatic carbocycles. The highest BCUT2D eigenvalue weighted by atomic mass is 19.1. The topological polar surface area (TPSA) is 184 Å². The molecule has 0 saturated carbocycles. The number of carbonyl (C=O) groups is 4. The summed E-state index contributed by atoms with van der Waals surface area (Å²) in [6.45, 7) is 4.09. The van der Waals surface area contributed by atoms with Gasteiger partial charge in [-0.1, -0.05) is 31.2 Å². The Labute approximate surface area is 243 Å². The van der Waals surface area contributed by atoms with E-state index in [0.29, 0.717) is 32.4 Å². The van der Waals surface area contributed by atoms with Gasteiger partial charge < -0.3 is 37.1 Å². The number of aryl methyl sites for hydroxylation is 1. The number of aromatic nitrogens is 1. The molecule has 3 atom stereocenters. The van der Waals surface area contributed by atoms with E-state index in [1.807, 2.05) is 37.4 Å². The molecule has 12 heteroatoms. The quantitative estimate of drug-likeness (QED) is 0.210. The third kappa shape index (κ3) is 8.60. The summed E-state index contributed by atoms with van der Waals surface area (Å²) in [4.78, 5) is 52.9. The fourth-order valence-electron chi connectivity index (χ4n) is 4.80. The van der Waals surface area contributed by atoms with Crippen LogP contribution in [0.1, 0.15) is 42.9 Å². The number of carboxylic acid groups (broad SMARTS) is 1. The lowest BCUT2D eigenvalue weighted by Gasteiger charge is -2.25. The molecule has 1 fully saturated rings. The molecule has 1 aliphatic heterocycles. The van der Waals surface area contributed by atoms with E-state index in [1.165, 1.54) is 11.0 Å². The molecule has 4 rings (SSSR count). The number of aromatic amines is 1. The van der Waals surface area contributed by atoms with Crippen molar-refractivity contribution in [2.24, 2.45) is 11.5 Å². The SMILES string of the molecule is CCC(NC(=O)C1CCCN1C(=O)CNC(=O)C(N)Cc1cccc(CN)c1)C(=O)O.Cc1c[nH]c2ccc(F)cc12. The van der Waals surface area contributed by atoms with Gasteiger partial charge >= 0.3 is 5.97 Å². The van der Waals surface area contributed by atoms with Crippen LogP contribution in [0, 0.1) is 12.7 Å². The van der Waals surface area contributed by atoms with E-state index >= 15 is 0 Å². The number of amides is 3. The Morgan fingerprint density at radius 1 is 1.17 bits per heavy atom. The average Bonchev–Trinajstić information content (AvgIpc) is 3.61. The number of hydrogen-bond acceptors (Lipinski definition) is 6. The molecule has 1 aliphatic rings. The van der Waals surface area contributed by atoms with Crippen LogP contribution in [0.25, 0.3) is 10.9 Å². The van der Waals surface area contributed by atoms with E-state index in [-0.39, 0.29) is 18.8 Å². The molecule has 8 N–H and O–H groups in total. The van der Waals surface area contributed by atoms with Gasteiger partial charge in [0.15, 0.2) is 0 Å². The number of nitrogens with one attached hydrogen (secondary N) is 3. The zero-order valence-electron chi connectivity index (χ0n) is 23.9. The Kier molecular flexibility index (Phi) is 11.6. The molecule has 0 radical (unpaired) electrons. The fourth-order valence-corrected chi connectivity index (χ4v) is 4.80. The van der Waals surface area contributed by atoms with Gasteiger partial charge in [0.05, 0.1) is 12.6 Å². The number of aliphatic carboxylic acids is 1. The summed E-state index contributed by atoms with van der Waals surface area (Å²) in [7, 11) is 0. The second-order valence-electron chi connectivity index (χ2n) is 10.3. The molecule has 3 unspecified atom stereocenters. The number of likely N-dealkylation sites (tertiary alicyclic amines) is 1. The van der Waals surface area contributed by atoms with Crippen LogP contribution >= 0.6 is 0 Å². The number of nitrogens with zero attached hydrogens (tertiary/aromatic N) is 1. The van der Waals surface area contributed by atoms with Gasteiger partial charge in [-0.3, -0.25) is 14.4 Å². The number of hydrogen-bond donors (Lipinski definition) is 6. The van der Waals surface area contributed by atoms with Gasteiger partial charge in [0.25, 0.3) is 0 Å². The van der Waals surface area contributed by atoms with Gasteiger partial charge in [-0.05, 0) is 67.5 Å². The van der Waals surface area contributed by atoms with Crippen molar-refractivity contribution in [2.75, 3.05) is 13.1 Å². The van der Waals surface area contributed by atoms with Gasteiger partial charge in [-0.25, -0.2) is 9.18 Å². The maximum atomic E-state index is 12.7. The number of rotatable bonds is 10. The Balaban J connectivity index is 0.000000363. The highest BCUT2D eigenvalue weighted by molar-refractivity contribution is 5.93. The number of carbonyl (C=O) groups excluding carboxylic acids is 3. The summed E-state index contributed by atoms with van der Waals surface area (Å²) < 4.78 is 12.7. The minimum atomic E-state index is -1.12. The predicted molar refractivity (Wildman–Crippen MR) is 157 cm³/mol. The minimum Gasteiger partial charge on any atom is -0.480 e. The monoisotopic (exact) mass is 582 g/mol. The first kappa shape index (κ1) is 32.2. The Bertz CT molecular complexity index is 1410. The smallest absolute Gasteiger partial charge is 0.326 e. The van der Waals surface area contributed by atoms with Crippen molar-refractivity contribution in [3.8, 4) is 0 Å². The average molecular weight is 583 g/mol. The van der Waals surface area contributed by atoms with E-state index in [0.717, 1.165) is 27.6 Å². The molecule has 2 aromatic carbocycles. The summed E-state index contributed by atoms with van der Waals surface area (Å²) >= 11 is 0. The minimum absolute atomic E-state index is 0.180. The first-order valence-corrected chi connectivity index (χ1v) is 13.9. The van der Waals surface area contributed by atoms with E-state index in [1.54, 1.807) is 19.1 Å². The zero-order valence-corrected chi connectivity index (χ0v) is 23.9. The van der Waals surface area contributed by atoms with Crippen molar-refractivity contribution < 1.29 is 28.7 Å². The number of halogens is 1. The van der Waals surface area contributed by atoms with Crippen LogP contribution in [0.2, 0.25) is 0 Å². The highest BCUT2D eigenvalue weighted by Gasteiger charge is 2.35. The molecule has 1 aromatic heterocycles. The van der Waals surface area contributed by atoms with Crippen LogP contribution < -0.4 is 22.1 Å². The largest absolute Gasteiger partial charge is 0.480 e. The first-order chi connectivity index (χ1) is 20.0. The van der Waals surface area contributed by atoms with Crippen LogP contribution in [0.3, 0.4) is 0 Å². The molecular formula is C30H39FN6O5. The summed E-state index contributed by atoms with van der Waals surface area (Å²) in [5.74, 6) is -2.68. The van der Waals surface area contributed by atoms with Crippen molar-refractivity contribution in [3.05, 3.63) is 71.2 Å². The second kappa shape index (κ2) is 15.1. The van der Waals surface area contributed by atoms with Crippen molar-refractivity contribution in [1.82, 2.24) is 20.5 Å². The van der Waals surface area contributed by atoms with Gasteiger partial charge in [0.1, 0.15) is 17.9 Å². The summed E-state index contributed by atoms with van der Waals surface area (Å²) in [5, 5.41) is 15.1. The molecule has 2 heterocycles. The van der Waals surface area contributed by atoms with E-state index in [9.17, 15) is 23.6 Å². The Morgan fingerprint density at radius 3 is 2.60 bits per heavy atom. The van der Waals surface area contributed by atoms with Crippen molar-refractivity contribution in [1.29, 1.82) is 0 Å². The van der Waals surface area contributed by atoms with Crippen LogP contribution in [0.4, 0.5) is 4.39 Å². The third-order valence-corrected chi connectivity index (χ3v) is 7.18. The van der Waals surface area contributed by atoms with E-state index in [4.69, 9.17) is 16.6 Å². The van der Waals surface area contributed by atoms with E-state index in [2.05, 4.69) is 15.6 Å². The van der Waals surface area contributed by atoms with Gasteiger partial charge in [0.2, 0.25) is 17.7 Å². The summed E-state index contributed by atoms with van der Waals surface area (Å²) in [6, 6.07) is 9.63. The number of fused-ring (bicyclic) bond motifs is 1. The van der Waals surface area contributed by atoms with Crippen LogP contribution in [-0.4, -0.2) is 69.9 Å². The normalized spacial score (nSPS) is 15.8. The molecule has 226 valence electrons. The molecule has 0 bridgehead atoms. The molecule has 0 spiro atoms. The second-order valence-corrected chi connectivity index (χ2v) is 10.3. The van der Waals surface area contributed by atoms with Crippen molar-refractivity contribution in [2.45, 2.75) is 64.2 Å². The number of carboxylic acids is 1. The van der Waals surface area contributed by atoms with Crippen LogP contribution in [0.5, 0.6) is 0 Å². The number of benzene rings is 2. The van der Waals surface area contributed by atoms with Gasteiger partial charge in [-0.15, -0.1) is 0 Å². The number of nitrogens with two attached hydrogens (primary N) is 2. The summed E-state index contributed by atoms with van der Waals surface area (Å²) in [6.07, 6.45) is 3.49. The molecular weight excluding hydrogens is 543 g/mol. The molecule has 42 heavy (non-hydrogen) atoms. The molecule has 1 saturated heterocycles. The standard InChI is InChI=1S/C21H31N5O5.C9H8FN/c1-2-16(21(30)31)25-20(29)17-7-4-8-26(17)18(27)12-24-19(28)15(23)10-13-5-3-6-14(9-13)11-22;1-6-5-11-9-3-2-7(10)4-8(6)9/h3,5-6,9,15-17H,2,4,7-8,10-12,22-23H2,1H3,(H,24,28)(H,25,29)(H,30,31);2-5,11H,1H3. The van der Waals surface area contributed by atoms with Crippen LogP contribution in [0.15, 0.2) is 48.7 Å². The zero-order chi connectivity index (χ0) is 30.8. The first-order valence-electron chi connectivity index (χ1n) is 13.9. The van der Waals surface area contributed by atoms with E-state index < -0.39 is 41.8 Å². The Hall–Kier alpha value is -4.29. The van der Waals surface area contributed by atoms with Gasteiger partial charge in [-0.2, -0.15) is 0 Å². The predicted octanol–water partition coefficient (Wildman–Crippen LogP) is 1.72. The third-order valence-electron chi connectivity index (χ3n) is 7.18. The molecule has 3 aromatic rings. The lowest BCUT2D eigenvalue weighted by atomic mass is 10.0. The highest BCUT2D eigenvalue weighted by Crippen LogP contribution is 2.19. The van der Waals surface area contributed by atoms with Gasteiger partial charge in [0, 0.05) is 30.2 Å². The van der Waals surface area contributed by atoms with Crippen molar-refractivity contribution in [3.63, 3.8) is 0 Å². The maximum absolute atomic E-state index is 12.7. The number of H-pyrrole nitrogens is 1. The lowest BCUT2D eigenvalue weighted by Crippen LogP contribution is -2.53. The molecule has 3 amide bonds. The Morgan fingerprint density at radius 2 is 1.90 bits per heavy atom. The van der Waals surface area contributed by atoms with Crippen molar-refractivity contribution >= 4 is 34.6 Å². The fraction of sp³-hybridized carbons (Fsp3) is 0.400. The lowest BCUT2D eigenvalue weighted by molar-refractivity contribution is -0.144. The molecule has 11 nitrogen and oxygen atoms in total. The summed E-state index contributed by atoms with van der Waals surface area (Å²) in [5.41, 5.74) is 15.5.